The highest BCUT2D eigenvalue weighted by Gasteiger charge is 2.24. The molecule has 4 aromatic rings. The molecule has 3 aromatic carbocycles. The van der Waals surface area contributed by atoms with Crippen molar-refractivity contribution in [3.8, 4) is 0 Å². The summed E-state index contributed by atoms with van der Waals surface area (Å²) in [6.07, 6.45) is 2.15. The summed E-state index contributed by atoms with van der Waals surface area (Å²) in [6.45, 7) is 0. The van der Waals surface area contributed by atoms with E-state index in [1.807, 2.05) is 30.5 Å². The molecule has 3 N–H and O–H groups in total. The van der Waals surface area contributed by atoms with Crippen LogP contribution in [0, 0.1) is 0 Å². The zero-order valence-electron chi connectivity index (χ0n) is 16.4. The number of nitrogens with one attached hydrogen (secondary N) is 3. The van der Waals surface area contributed by atoms with Crippen LogP contribution < -0.4 is 10.6 Å². The van der Waals surface area contributed by atoms with Gasteiger partial charge < -0.3 is 15.6 Å². The van der Waals surface area contributed by atoms with E-state index in [0.29, 0.717) is 27.7 Å². The Labute approximate surface area is 189 Å². The molecule has 0 saturated heterocycles. The molecule has 0 spiro atoms. The number of anilines is 1. The van der Waals surface area contributed by atoms with Crippen molar-refractivity contribution >= 4 is 51.6 Å². The summed E-state index contributed by atoms with van der Waals surface area (Å²) in [5, 5.41) is 7.48. The number of benzene rings is 3. The van der Waals surface area contributed by atoms with E-state index in [1.54, 1.807) is 48.5 Å². The summed E-state index contributed by atoms with van der Waals surface area (Å²) < 4.78 is 0. The number of aromatic nitrogens is 1. The summed E-state index contributed by atoms with van der Waals surface area (Å²) in [6, 6.07) is 20.6. The Morgan fingerprint density at radius 1 is 0.935 bits per heavy atom. The van der Waals surface area contributed by atoms with Crippen LogP contribution in [0.25, 0.3) is 10.9 Å². The number of aromatic amines is 1. The number of hydrogen-bond donors (Lipinski definition) is 3. The van der Waals surface area contributed by atoms with Crippen LogP contribution in [-0.4, -0.2) is 22.8 Å². The second-order valence-corrected chi connectivity index (χ2v) is 7.91. The van der Waals surface area contributed by atoms with Gasteiger partial charge in [-0.1, -0.05) is 59.6 Å². The highest BCUT2D eigenvalue weighted by molar-refractivity contribution is 6.34. The Morgan fingerprint density at radius 3 is 2.52 bits per heavy atom. The molecule has 156 valence electrons. The number of H-pyrrole nitrogens is 1. The maximum atomic E-state index is 13.1. The van der Waals surface area contributed by atoms with Gasteiger partial charge in [-0.3, -0.25) is 9.59 Å². The number of hydrogen-bond acceptors (Lipinski definition) is 2. The van der Waals surface area contributed by atoms with Crippen molar-refractivity contribution in [3.63, 3.8) is 0 Å². The number of halogens is 2. The molecule has 31 heavy (non-hydrogen) atoms. The Morgan fingerprint density at radius 2 is 1.71 bits per heavy atom. The van der Waals surface area contributed by atoms with Crippen molar-refractivity contribution < 1.29 is 9.59 Å². The first-order valence-corrected chi connectivity index (χ1v) is 10.4. The van der Waals surface area contributed by atoms with Gasteiger partial charge in [-0.25, -0.2) is 0 Å². The third-order valence-electron chi connectivity index (χ3n) is 4.93. The summed E-state index contributed by atoms with van der Waals surface area (Å²) in [5.74, 6) is -0.773. The Kier molecular flexibility index (Phi) is 6.26. The molecule has 5 nitrogen and oxygen atoms in total. The molecule has 0 aliphatic heterocycles. The molecule has 0 saturated carbocycles. The zero-order chi connectivity index (χ0) is 21.8. The van der Waals surface area contributed by atoms with Crippen LogP contribution in [0.15, 0.2) is 79.0 Å². The Hall–Kier alpha value is -3.28. The van der Waals surface area contributed by atoms with Crippen LogP contribution in [0.5, 0.6) is 0 Å². The van der Waals surface area contributed by atoms with E-state index in [4.69, 9.17) is 23.2 Å². The van der Waals surface area contributed by atoms with Crippen molar-refractivity contribution in [1.29, 1.82) is 0 Å². The number of carbonyl (C=O) groups is 2. The van der Waals surface area contributed by atoms with Crippen molar-refractivity contribution in [2.24, 2.45) is 0 Å². The van der Waals surface area contributed by atoms with E-state index in [0.717, 1.165) is 16.5 Å². The lowest BCUT2D eigenvalue weighted by atomic mass is 10.0. The first kappa shape index (κ1) is 21.0. The highest BCUT2D eigenvalue weighted by atomic mass is 35.5. The first-order valence-electron chi connectivity index (χ1n) is 9.68. The molecule has 7 heteroatoms. The van der Waals surface area contributed by atoms with Gasteiger partial charge in [0.05, 0.1) is 10.6 Å². The lowest BCUT2D eigenvalue weighted by Crippen LogP contribution is -2.45. The first-order chi connectivity index (χ1) is 15.0. The molecular weight excluding hydrogens is 433 g/mol. The van der Waals surface area contributed by atoms with Gasteiger partial charge in [0.15, 0.2) is 0 Å². The van der Waals surface area contributed by atoms with Crippen molar-refractivity contribution in [2.75, 3.05) is 5.32 Å². The van der Waals surface area contributed by atoms with Crippen LogP contribution >= 0.6 is 23.2 Å². The summed E-state index contributed by atoms with van der Waals surface area (Å²) in [5.41, 5.74) is 2.74. The van der Waals surface area contributed by atoms with Gasteiger partial charge in [0.2, 0.25) is 5.91 Å². The van der Waals surface area contributed by atoms with Gasteiger partial charge in [-0.2, -0.15) is 0 Å². The van der Waals surface area contributed by atoms with Crippen molar-refractivity contribution in [1.82, 2.24) is 10.3 Å². The largest absolute Gasteiger partial charge is 0.361 e. The third kappa shape index (κ3) is 4.90. The average Bonchev–Trinajstić information content (AvgIpc) is 3.16. The number of para-hydroxylation sites is 1. The quantitative estimate of drug-likeness (QED) is 0.364. The SMILES string of the molecule is O=C(NC(Cc1c[nH]c2ccccc12)C(=O)Nc1cccc(Cl)c1)c1ccccc1Cl. The molecule has 0 aliphatic rings. The zero-order valence-corrected chi connectivity index (χ0v) is 17.9. The lowest BCUT2D eigenvalue weighted by molar-refractivity contribution is -0.118. The molecule has 0 fully saturated rings. The summed E-state index contributed by atoms with van der Waals surface area (Å²) in [4.78, 5) is 29.2. The number of amides is 2. The van der Waals surface area contributed by atoms with E-state index >= 15 is 0 Å². The van der Waals surface area contributed by atoms with Crippen LogP contribution in [-0.2, 0) is 11.2 Å². The monoisotopic (exact) mass is 451 g/mol. The number of rotatable bonds is 6. The molecule has 2 amide bonds. The fourth-order valence-electron chi connectivity index (χ4n) is 3.41. The van der Waals surface area contributed by atoms with Crippen molar-refractivity contribution in [3.05, 3.63) is 100 Å². The molecule has 1 heterocycles. The predicted molar refractivity (Wildman–Crippen MR) is 125 cm³/mol. The normalized spacial score (nSPS) is 11.8. The molecule has 1 atom stereocenters. The molecule has 1 unspecified atom stereocenters. The molecule has 0 radical (unpaired) electrons. The van der Waals surface area contributed by atoms with Crippen LogP contribution in [0.2, 0.25) is 10.0 Å². The predicted octanol–water partition coefficient (Wildman–Crippen LogP) is 5.45. The number of carbonyl (C=O) groups excluding carboxylic acids is 2. The summed E-state index contributed by atoms with van der Waals surface area (Å²) in [7, 11) is 0. The van der Waals surface area contributed by atoms with Gasteiger partial charge in [-0.15, -0.1) is 0 Å². The van der Waals surface area contributed by atoms with E-state index < -0.39 is 11.9 Å². The Balaban J connectivity index is 1.61. The second-order valence-electron chi connectivity index (χ2n) is 7.07. The van der Waals surface area contributed by atoms with E-state index in [9.17, 15) is 9.59 Å². The van der Waals surface area contributed by atoms with Gasteiger partial charge in [0, 0.05) is 34.2 Å². The molecule has 1 aromatic heterocycles. The lowest BCUT2D eigenvalue weighted by Gasteiger charge is -2.19. The minimum Gasteiger partial charge on any atom is -0.361 e. The highest BCUT2D eigenvalue weighted by Crippen LogP contribution is 2.21. The minimum atomic E-state index is -0.832. The van der Waals surface area contributed by atoms with Crippen LogP contribution in [0.4, 0.5) is 5.69 Å². The van der Waals surface area contributed by atoms with Crippen LogP contribution in [0.1, 0.15) is 15.9 Å². The Bertz CT molecular complexity index is 1250. The fourth-order valence-corrected chi connectivity index (χ4v) is 3.82. The van der Waals surface area contributed by atoms with E-state index in [-0.39, 0.29) is 5.91 Å². The third-order valence-corrected chi connectivity index (χ3v) is 5.50. The minimum absolute atomic E-state index is 0.298. The standard InChI is InChI=1S/C24H19Cl2N3O2/c25-16-6-5-7-17(13-16)28-24(31)22(29-23(30)19-9-1-3-10-20(19)26)12-15-14-27-21-11-4-2-8-18(15)21/h1-11,13-14,22,27H,12H2,(H,28,31)(H,29,30). The molecule has 0 bridgehead atoms. The van der Waals surface area contributed by atoms with E-state index in [1.165, 1.54) is 0 Å². The number of fused-ring (bicyclic) bond motifs is 1. The van der Waals surface area contributed by atoms with Gasteiger partial charge >= 0.3 is 0 Å². The van der Waals surface area contributed by atoms with Gasteiger partial charge in [0.1, 0.15) is 6.04 Å². The topological polar surface area (TPSA) is 74.0 Å². The smallest absolute Gasteiger partial charge is 0.253 e. The second kappa shape index (κ2) is 9.25. The average molecular weight is 452 g/mol. The molecule has 0 aliphatic carbocycles. The van der Waals surface area contributed by atoms with Gasteiger partial charge in [-0.05, 0) is 42.0 Å². The molecule has 4 rings (SSSR count). The maximum absolute atomic E-state index is 13.1. The maximum Gasteiger partial charge on any atom is 0.253 e. The van der Waals surface area contributed by atoms with Gasteiger partial charge in [0.25, 0.3) is 5.91 Å². The summed E-state index contributed by atoms with van der Waals surface area (Å²) >= 11 is 12.2. The fraction of sp³-hybridized carbons (Fsp3) is 0.0833. The van der Waals surface area contributed by atoms with E-state index in [2.05, 4.69) is 15.6 Å². The van der Waals surface area contributed by atoms with Crippen molar-refractivity contribution in [2.45, 2.75) is 12.5 Å². The molecular formula is C24H19Cl2N3O2. The van der Waals surface area contributed by atoms with Crippen LogP contribution in [0.3, 0.4) is 0 Å².